The molecule has 1 aliphatic heterocycles. The van der Waals surface area contributed by atoms with Crippen LogP contribution in [0.15, 0.2) is 60.1 Å². The van der Waals surface area contributed by atoms with Crippen LogP contribution in [-0.4, -0.2) is 40.4 Å². The highest BCUT2D eigenvalue weighted by molar-refractivity contribution is 6.06. The maximum atomic E-state index is 12.4. The van der Waals surface area contributed by atoms with Gasteiger partial charge in [0.15, 0.2) is 5.76 Å². The van der Waals surface area contributed by atoms with Crippen molar-refractivity contribution in [2.75, 3.05) is 13.6 Å². The standard InChI is InChI=1S/C19H19N3O3/c1-12(21-18(24)16-11-22(2)19(25)17(16)23)14-4-3-5-15(10-14)13-6-8-20-9-7-13/h3-10,12,23H,11H2,1-2H3,(H,21,24). The van der Waals surface area contributed by atoms with Crippen molar-refractivity contribution in [2.45, 2.75) is 13.0 Å². The summed E-state index contributed by atoms with van der Waals surface area (Å²) in [6, 6.07) is 11.4. The lowest BCUT2D eigenvalue weighted by Gasteiger charge is -2.16. The number of pyridine rings is 1. The fourth-order valence-corrected chi connectivity index (χ4v) is 2.77. The maximum absolute atomic E-state index is 12.4. The molecule has 2 N–H and O–H groups in total. The first-order valence-corrected chi connectivity index (χ1v) is 7.96. The molecule has 1 atom stereocenters. The summed E-state index contributed by atoms with van der Waals surface area (Å²) in [5, 5.41) is 12.6. The van der Waals surface area contributed by atoms with Crippen LogP contribution in [-0.2, 0) is 9.59 Å². The highest BCUT2D eigenvalue weighted by atomic mass is 16.3. The van der Waals surface area contributed by atoms with Gasteiger partial charge in [-0.05, 0) is 41.8 Å². The monoisotopic (exact) mass is 337 g/mol. The zero-order chi connectivity index (χ0) is 18.0. The molecular weight excluding hydrogens is 318 g/mol. The molecule has 0 radical (unpaired) electrons. The summed E-state index contributed by atoms with van der Waals surface area (Å²) in [6.45, 7) is 1.97. The van der Waals surface area contributed by atoms with Crippen LogP contribution < -0.4 is 5.32 Å². The highest BCUT2D eigenvalue weighted by Gasteiger charge is 2.32. The van der Waals surface area contributed by atoms with Crippen molar-refractivity contribution in [2.24, 2.45) is 0 Å². The van der Waals surface area contributed by atoms with Gasteiger partial charge in [0.05, 0.1) is 18.2 Å². The molecule has 2 aromatic rings. The molecule has 0 fully saturated rings. The van der Waals surface area contributed by atoms with Gasteiger partial charge in [-0.15, -0.1) is 0 Å². The van der Waals surface area contributed by atoms with Gasteiger partial charge in [0.1, 0.15) is 0 Å². The molecule has 1 unspecified atom stereocenters. The summed E-state index contributed by atoms with van der Waals surface area (Å²) in [6.07, 6.45) is 3.46. The van der Waals surface area contributed by atoms with Crippen molar-refractivity contribution in [3.63, 3.8) is 0 Å². The van der Waals surface area contributed by atoms with Gasteiger partial charge in [-0.25, -0.2) is 0 Å². The average molecular weight is 337 g/mol. The number of hydrogen-bond acceptors (Lipinski definition) is 4. The van der Waals surface area contributed by atoms with E-state index >= 15 is 0 Å². The second-order valence-electron chi connectivity index (χ2n) is 6.04. The van der Waals surface area contributed by atoms with Crippen molar-refractivity contribution in [1.29, 1.82) is 0 Å². The van der Waals surface area contributed by atoms with Gasteiger partial charge < -0.3 is 15.3 Å². The first kappa shape index (κ1) is 16.7. The first-order chi connectivity index (χ1) is 12.0. The van der Waals surface area contributed by atoms with Crippen LogP contribution in [0, 0.1) is 0 Å². The predicted octanol–water partition coefficient (Wildman–Crippen LogP) is 2.21. The first-order valence-electron chi connectivity index (χ1n) is 7.96. The number of hydrogen-bond donors (Lipinski definition) is 2. The molecule has 6 heteroatoms. The van der Waals surface area contributed by atoms with Gasteiger partial charge in [0, 0.05) is 19.4 Å². The third-order valence-corrected chi connectivity index (χ3v) is 4.25. The number of nitrogens with one attached hydrogen (secondary N) is 1. The Bertz CT molecular complexity index is 846. The van der Waals surface area contributed by atoms with Crippen LogP contribution in [0.2, 0.25) is 0 Å². The van der Waals surface area contributed by atoms with Crippen molar-refractivity contribution >= 4 is 11.8 Å². The van der Waals surface area contributed by atoms with E-state index < -0.39 is 17.6 Å². The summed E-state index contributed by atoms with van der Waals surface area (Å²) < 4.78 is 0. The lowest BCUT2D eigenvalue weighted by molar-refractivity contribution is -0.126. The largest absolute Gasteiger partial charge is 0.503 e. The number of benzene rings is 1. The van der Waals surface area contributed by atoms with Crippen molar-refractivity contribution in [1.82, 2.24) is 15.2 Å². The normalized spacial score (nSPS) is 15.4. The lowest BCUT2D eigenvalue weighted by atomic mass is 10.0. The summed E-state index contributed by atoms with van der Waals surface area (Å²) in [5.74, 6) is -1.44. The lowest BCUT2D eigenvalue weighted by Crippen LogP contribution is -2.30. The van der Waals surface area contributed by atoms with Crippen molar-refractivity contribution < 1.29 is 14.7 Å². The number of nitrogens with zero attached hydrogens (tertiary/aromatic N) is 2. The number of aliphatic hydroxyl groups is 1. The molecule has 1 aromatic heterocycles. The minimum Gasteiger partial charge on any atom is -0.503 e. The number of rotatable bonds is 4. The van der Waals surface area contributed by atoms with Crippen molar-refractivity contribution in [3.8, 4) is 11.1 Å². The molecule has 0 aliphatic carbocycles. The molecule has 128 valence electrons. The predicted molar refractivity (Wildman–Crippen MR) is 93.5 cm³/mol. The van der Waals surface area contributed by atoms with Crippen LogP contribution in [0.3, 0.4) is 0 Å². The Kier molecular flexibility index (Phi) is 4.52. The van der Waals surface area contributed by atoms with Gasteiger partial charge in [-0.2, -0.15) is 0 Å². The molecule has 1 aliphatic rings. The van der Waals surface area contributed by atoms with Gasteiger partial charge in [0.25, 0.3) is 11.8 Å². The second kappa shape index (κ2) is 6.76. The minimum atomic E-state index is -0.530. The van der Waals surface area contributed by atoms with Crippen LogP contribution >= 0.6 is 0 Å². The smallest absolute Gasteiger partial charge is 0.289 e. The van der Waals surface area contributed by atoms with E-state index in [1.165, 1.54) is 4.90 Å². The maximum Gasteiger partial charge on any atom is 0.289 e. The van der Waals surface area contributed by atoms with E-state index in [1.54, 1.807) is 19.4 Å². The number of aromatic nitrogens is 1. The average Bonchev–Trinajstić information content (AvgIpc) is 2.90. The molecule has 0 bridgehead atoms. The van der Waals surface area contributed by atoms with Crippen LogP contribution in [0.4, 0.5) is 0 Å². The fourth-order valence-electron chi connectivity index (χ4n) is 2.77. The SMILES string of the molecule is CC(NC(=O)C1=C(O)C(=O)N(C)C1)c1cccc(-c2ccncc2)c1. The molecule has 0 saturated heterocycles. The number of carbonyl (C=O) groups excluding carboxylic acids is 2. The summed E-state index contributed by atoms with van der Waals surface area (Å²) in [4.78, 5) is 29.3. The summed E-state index contributed by atoms with van der Waals surface area (Å²) in [7, 11) is 1.54. The van der Waals surface area contributed by atoms with E-state index in [9.17, 15) is 14.7 Å². The van der Waals surface area contributed by atoms with E-state index in [0.29, 0.717) is 0 Å². The zero-order valence-electron chi connectivity index (χ0n) is 14.1. The molecule has 6 nitrogen and oxygen atoms in total. The van der Waals surface area contributed by atoms with E-state index in [1.807, 2.05) is 43.3 Å². The highest BCUT2D eigenvalue weighted by Crippen LogP contribution is 2.23. The number of amides is 2. The Morgan fingerprint density at radius 1 is 1.24 bits per heavy atom. The zero-order valence-corrected chi connectivity index (χ0v) is 14.1. The number of likely N-dealkylation sites (N-methyl/N-ethyl adjacent to an activating group) is 1. The molecule has 2 amide bonds. The van der Waals surface area contributed by atoms with E-state index in [2.05, 4.69) is 10.3 Å². The summed E-state index contributed by atoms with van der Waals surface area (Å²) >= 11 is 0. The Hall–Kier alpha value is -3.15. The molecule has 1 aromatic carbocycles. The Labute approximate surface area is 145 Å². The topological polar surface area (TPSA) is 82.5 Å². The molecular formula is C19H19N3O3. The molecule has 2 heterocycles. The number of carbonyl (C=O) groups is 2. The van der Waals surface area contributed by atoms with Crippen molar-refractivity contribution in [3.05, 3.63) is 65.7 Å². The van der Waals surface area contributed by atoms with E-state index in [-0.39, 0.29) is 18.2 Å². The van der Waals surface area contributed by atoms with Gasteiger partial charge in [-0.1, -0.05) is 18.2 Å². The van der Waals surface area contributed by atoms with Gasteiger partial charge >= 0.3 is 0 Å². The third-order valence-electron chi connectivity index (χ3n) is 4.25. The summed E-state index contributed by atoms with van der Waals surface area (Å²) in [5.41, 5.74) is 3.10. The molecule has 25 heavy (non-hydrogen) atoms. The second-order valence-corrected chi connectivity index (χ2v) is 6.04. The molecule has 0 saturated carbocycles. The van der Waals surface area contributed by atoms with Gasteiger partial charge in [-0.3, -0.25) is 14.6 Å². The minimum absolute atomic E-state index is 0.102. The Morgan fingerprint density at radius 2 is 1.96 bits per heavy atom. The number of aliphatic hydroxyl groups excluding tert-OH is 1. The molecule has 0 spiro atoms. The third kappa shape index (κ3) is 3.38. The Morgan fingerprint density at radius 3 is 2.60 bits per heavy atom. The quantitative estimate of drug-likeness (QED) is 0.896. The van der Waals surface area contributed by atoms with Crippen LogP contribution in [0.25, 0.3) is 11.1 Å². The van der Waals surface area contributed by atoms with Crippen LogP contribution in [0.5, 0.6) is 0 Å². The van der Waals surface area contributed by atoms with Gasteiger partial charge in [0.2, 0.25) is 0 Å². The van der Waals surface area contributed by atoms with E-state index in [4.69, 9.17) is 0 Å². The van der Waals surface area contributed by atoms with E-state index in [0.717, 1.165) is 16.7 Å². The molecule has 3 rings (SSSR count). The van der Waals surface area contributed by atoms with Crippen LogP contribution in [0.1, 0.15) is 18.5 Å². The fraction of sp³-hybridized carbons (Fsp3) is 0.211. The Balaban J connectivity index is 1.77.